The van der Waals surface area contributed by atoms with E-state index < -0.39 is 15.9 Å². The normalized spacial score (nSPS) is 17.9. The molecule has 1 aromatic carbocycles. The summed E-state index contributed by atoms with van der Waals surface area (Å²) in [5.74, 6) is -0.438. The third-order valence-electron chi connectivity index (χ3n) is 5.20. The summed E-state index contributed by atoms with van der Waals surface area (Å²) in [5, 5.41) is 3.56. The highest BCUT2D eigenvalue weighted by molar-refractivity contribution is 7.89. The Hall–Kier alpha value is -1.48. The van der Waals surface area contributed by atoms with Crippen molar-refractivity contribution in [3.05, 3.63) is 39.4 Å². The summed E-state index contributed by atoms with van der Waals surface area (Å²) in [6.07, 6.45) is 7.11. The van der Waals surface area contributed by atoms with Crippen molar-refractivity contribution in [3.8, 4) is 0 Å². The first kappa shape index (κ1) is 19.8. The molecule has 1 aliphatic carbocycles. The molecule has 1 fully saturated rings. The molecule has 28 heavy (non-hydrogen) atoms. The summed E-state index contributed by atoms with van der Waals surface area (Å²) in [6, 6.07) is 4.29. The van der Waals surface area contributed by atoms with Crippen molar-refractivity contribution < 1.29 is 13.2 Å². The van der Waals surface area contributed by atoms with E-state index in [1.807, 2.05) is 0 Å². The van der Waals surface area contributed by atoms with Crippen LogP contribution in [0.5, 0.6) is 0 Å². The van der Waals surface area contributed by atoms with Crippen LogP contribution in [0, 0.1) is 0 Å². The molecule has 2 aliphatic rings. The second-order valence-electron chi connectivity index (χ2n) is 7.16. The predicted molar refractivity (Wildman–Crippen MR) is 111 cm³/mol. The number of thiazole rings is 1. The first-order valence-electron chi connectivity index (χ1n) is 9.55. The van der Waals surface area contributed by atoms with Crippen molar-refractivity contribution in [2.45, 2.75) is 49.8 Å². The van der Waals surface area contributed by atoms with E-state index in [0.717, 1.165) is 44.2 Å². The molecular formula is C19H22ClN3O3S2. The van der Waals surface area contributed by atoms with Gasteiger partial charge in [0, 0.05) is 18.0 Å². The Morgan fingerprint density at radius 3 is 2.64 bits per heavy atom. The lowest BCUT2D eigenvalue weighted by molar-refractivity contribution is 0.102. The van der Waals surface area contributed by atoms with E-state index >= 15 is 0 Å². The number of sulfonamides is 1. The molecule has 1 N–H and O–H groups in total. The van der Waals surface area contributed by atoms with Gasteiger partial charge in [0.05, 0.1) is 21.2 Å². The molecule has 0 bridgehead atoms. The van der Waals surface area contributed by atoms with E-state index in [2.05, 4.69) is 10.3 Å². The second kappa shape index (κ2) is 8.10. The van der Waals surface area contributed by atoms with Crippen LogP contribution in [-0.4, -0.2) is 36.7 Å². The number of anilines is 1. The molecule has 0 atom stereocenters. The Morgan fingerprint density at radius 2 is 1.86 bits per heavy atom. The Bertz CT molecular complexity index is 974. The minimum Gasteiger partial charge on any atom is -0.298 e. The van der Waals surface area contributed by atoms with Gasteiger partial charge < -0.3 is 0 Å². The summed E-state index contributed by atoms with van der Waals surface area (Å²) >= 11 is 7.70. The fourth-order valence-corrected chi connectivity index (χ4v) is 6.46. The van der Waals surface area contributed by atoms with Gasteiger partial charge in [0.25, 0.3) is 5.91 Å². The van der Waals surface area contributed by atoms with E-state index in [1.54, 1.807) is 0 Å². The van der Waals surface area contributed by atoms with Gasteiger partial charge in [0.1, 0.15) is 0 Å². The van der Waals surface area contributed by atoms with Gasteiger partial charge in [-0.25, -0.2) is 13.4 Å². The fourth-order valence-electron chi connectivity index (χ4n) is 3.66. The van der Waals surface area contributed by atoms with Gasteiger partial charge in [-0.15, -0.1) is 11.3 Å². The third-order valence-corrected chi connectivity index (χ3v) is 8.50. The SMILES string of the molecule is O=C(Nc1nc2c(s1)CCCCC2)c1cc(S(=O)(=O)N2CCCC2)ccc1Cl. The van der Waals surface area contributed by atoms with Crippen molar-refractivity contribution in [1.29, 1.82) is 0 Å². The summed E-state index contributed by atoms with van der Waals surface area (Å²) < 4.78 is 27.0. The number of halogens is 1. The average molecular weight is 440 g/mol. The number of amides is 1. The quantitative estimate of drug-likeness (QED) is 0.727. The Labute approximate surface area is 174 Å². The zero-order chi connectivity index (χ0) is 19.7. The number of carbonyl (C=O) groups is 1. The third kappa shape index (κ3) is 3.96. The second-order valence-corrected chi connectivity index (χ2v) is 10.6. The molecule has 0 spiro atoms. The minimum atomic E-state index is -3.61. The number of hydrogen-bond donors (Lipinski definition) is 1. The van der Waals surface area contributed by atoms with Crippen molar-refractivity contribution in [2.24, 2.45) is 0 Å². The van der Waals surface area contributed by atoms with Crippen molar-refractivity contribution in [2.75, 3.05) is 18.4 Å². The standard InChI is InChI=1S/C19H22ClN3O3S2/c20-15-9-8-13(28(25,26)23-10-4-5-11-23)12-14(15)18(24)22-19-21-16-6-2-1-3-7-17(16)27-19/h8-9,12H,1-7,10-11H2,(H,21,22,24). The Morgan fingerprint density at radius 1 is 1.11 bits per heavy atom. The summed E-state index contributed by atoms with van der Waals surface area (Å²) in [4.78, 5) is 18.7. The zero-order valence-corrected chi connectivity index (χ0v) is 17.8. The predicted octanol–water partition coefficient (Wildman–Crippen LogP) is 4.10. The lowest BCUT2D eigenvalue weighted by Crippen LogP contribution is -2.28. The van der Waals surface area contributed by atoms with Gasteiger partial charge in [-0.05, 0) is 56.7 Å². The van der Waals surface area contributed by atoms with Crippen LogP contribution >= 0.6 is 22.9 Å². The molecule has 2 aromatic rings. The van der Waals surface area contributed by atoms with Crippen LogP contribution in [0.2, 0.25) is 5.02 Å². The van der Waals surface area contributed by atoms with Crippen LogP contribution in [0.1, 0.15) is 53.0 Å². The largest absolute Gasteiger partial charge is 0.298 e. The number of rotatable bonds is 4. The summed E-state index contributed by atoms with van der Waals surface area (Å²) in [7, 11) is -3.61. The van der Waals surface area contributed by atoms with Gasteiger partial charge >= 0.3 is 0 Å². The van der Waals surface area contributed by atoms with Crippen LogP contribution in [0.4, 0.5) is 5.13 Å². The van der Waals surface area contributed by atoms with E-state index in [9.17, 15) is 13.2 Å². The van der Waals surface area contributed by atoms with Crippen LogP contribution < -0.4 is 5.32 Å². The Kier molecular flexibility index (Phi) is 5.73. The number of aromatic nitrogens is 1. The molecule has 1 aromatic heterocycles. The molecule has 4 rings (SSSR count). The molecule has 6 nitrogen and oxygen atoms in total. The van der Waals surface area contributed by atoms with Crippen LogP contribution in [0.3, 0.4) is 0 Å². The monoisotopic (exact) mass is 439 g/mol. The number of carbonyl (C=O) groups excluding carboxylic acids is 1. The first-order valence-corrected chi connectivity index (χ1v) is 12.2. The van der Waals surface area contributed by atoms with Gasteiger partial charge in [-0.2, -0.15) is 4.31 Å². The van der Waals surface area contributed by atoms with Gasteiger partial charge in [-0.1, -0.05) is 18.0 Å². The zero-order valence-electron chi connectivity index (χ0n) is 15.4. The molecule has 0 saturated carbocycles. The van der Waals surface area contributed by atoms with Crippen LogP contribution in [0.25, 0.3) is 0 Å². The first-order chi connectivity index (χ1) is 13.4. The molecule has 0 unspecified atom stereocenters. The molecule has 0 radical (unpaired) electrons. The lowest BCUT2D eigenvalue weighted by atomic mass is 10.2. The molecule has 2 heterocycles. The van der Waals surface area contributed by atoms with Crippen LogP contribution in [-0.2, 0) is 22.9 Å². The van der Waals surface area contributed by atoms with Gasteiger partial charge in [0.2, 0.25) is 10.0 Å². The smallest absolute Gasteiger partial charge is 0.259 e. The highest BCUT2D eigenvalue weighted by atomic mass is 35.5. The molecule has 150 valence electrons. The van der Waals surface area contributed by atoms with Gasteiger partial charge in [-0.3, -0.25) is 10.1 Å². The van der Waals surface area contributed by atoms with E-state index in [-0.39, 0.29) is 15.5 Å². The summed E-state index contributed by atoms with van der Waals surface area (Å²) in [6.45, 7) is 1.02. The maximum Gasteiger partial charge on any atom is 0.259 e. The van der Waals surface area contributed by atoms with Crippen molar-refractivity contribution in [3.63, 3.8) is 0 Å². The number of benzene rings is 1. The highest BCUT2D eigenvalue weighted by Gasteiger charge is 2.28. The lowest BCUT2D eigenvalue weighted by Gasteiger charge is -2.16. The van der Waals surface area contributed by atoms with Crippen LogP contribution in [0.15, 0.2) is 23.1 Å². The number of fused-ring (bicyclic) bond motifs is 1. The highest BCUT2D eigenvalue weighted by Crippen LogP contribution is 2.30. The summed E-state index contributed by atoms with van der Waals surface area (Å²) in [5.41, 5.74) is 1.21. The fraction of sp³-hybridized carbons (Fsp3) is 0.474. The molecule has 1 saturated heterocycles. The maximum atomic E-state index is 12.8. The van der Waals surface area contributed by atoms with E-state index in [0.29, 0.717) is 18.2 Å². The number of nitrogens with zero attached hydrogens (tertiary/aromatic N) is 2. The Balaban J connectivity index is 1.57. The molecule has 1 aliphatic heterocycles. The van der Waals surface area contributed by atoms with E-state index in [4.69, 9.17) is 11.6 Å². The van der Waals surface area contributed by atoms with Gasteiger partial charge in [0.15, 0.2) is 5.13 Å². The molecule has 9 heteroatoms. The molecular weight excluding hydrogens is 418 g/mol. The number of aryl methyl sites for hydroxylation is 2. The number of nitrogens with one attached hydrogen (secondary N) is 1. The van der Waals surface area contributed by atoms with E-state index in [1.165, 1.54) is 45.1 Å². The van der Waals surface area contributed by atoms with Crippen molar-refractivity contribution >= 4 is 44.0 Å². The van der Waals surface area contributed by atoms with Crippen molar-refractivity contribution in [1.82, 2.24) is 9.29 Å². The topological polar surface area (TPSA) is 79.4 Å². The average Bonchev–Trinajstić information content (AvgIpc) is 3.28. The molecule has 1 amide bonds. The minimum absolute atomic E-state index is 0.0962. The maximum absolute atomic E-state index is 12.8. The number of hydrogen-bond acceptors (Lipinski definition) is 5.